The molecule has 3 unspecified atom stereocenters. The van der Waals surface area contributed by atoms with Gasteiger partial charge in [-0.05, 0) is 68.6 Å². The zero-order chi connectivity index (χ0) is 20.1. The second kappa shape index (κ2) is 7.35. The van der Waals surface area contributed by atoms with Gasteiger partial charge in [-0.3, -0.25) is 9.59 Å². The lowest BCUT2D eigenvalue weighted by Gasteiger charge is -2.54. The maximum absolute atomic E-state index is 11.4. The highest BCUT2D eigenvalue weighted by Gasteiger charge is 2.52. The summed E-state index contributed by atoms with van der Waals surface area (Å²) in [5, 5.41) is 0. The smallest absolute Gasteiger partial charge is 0.302 e. The summed E-state index contributed by atoms with van der Waals surface area (Å²) in [4.78, 5) is 22.8. The van der Waals surface area contributed by atoms with Crippen LogP contribution in [-0.2, 0) is 19.1 Å². The van der Waals surface area contributed by atoms with E-state index in [9.17, 15) is 9.59 Å². The summed E-state index contributed by atoms with van der Waals surface area (Å²) in [7, 11) is 0. The lowest BCUT2D eigenvalue weighted by Crippen LogP contribution is -2.46. The van der Waals surface area contributed by atoms with Gasteiger partial charge in [-0.25, -0.2) is 0 Å². The molecule has 0 aromatic heterocycles. The SMILES string of the molecule is CC(=O)OC(C)[C@H]1CC=C2C3CC=C4C[C@@H](OC(C)=O)CC[C@]4(C)C3CC[C@@H]21. The van der Waals surface area contributed by atoms with E-state index in [-0.39, 0.29) is 29.6 Å². The van der Waals surface area contributed by atoms with Crippen LogP contribution in [0.3, 0.4) is 0 Å². The quantitative estimate of drug-likeness (QED) is 0.507. The number of allylic oxidation sites excluding steroid dienone is 3. The van der Waals surface area contributed by atoms with Crippen LogP contribution in [0.5, 0.6) is 0 Å². The van der Waals surface area contributed by atoms with Gasteiger partial charge >= 0.3 is 11.9 Å². The second-order valence-electron chi connectivity index (χ2n) is 9.67. The molecular weight excluding hydrogens is 352 g/mol. The van der Waals surface area contributed by atoms with Gasteiger partial charge in [0.2, 0.25) is 0 Å². The van der Waals surface area contributed by atoms with Crippen molar-refractivity contribution in [2.75, 3.05) is 0 Å². The highest BCUT2D eigenvalue weighted by molar-refractivity contribution is 5.66. The minimum Gasteiger partial charge on any atom is -0.463 e. The first-order valence-corrected chi connectivity index (χ1v) is 11.0. The van der Waals surface area contributed by atoms with E-state index in [1.165, 1.54) is 32.3 Å². The summed E-state index contributed by atoms with van der Waals surface area (Å²) in [5.41, 5.74) is 3.40. The van der Waals surface area contributed by atoms with Crippen molar-refractivity contribution < 1.29 is 19.1 Å². The number of rotatable bonds is 3. The number of hydrogen-bond donors (Lipinski definition) is 0. The van der Waals surface area contributed by atoms with Crippen molar-refractivity contribution in [3.63, 3.8) is 0 Å². The largest absolute Gasteiger partial charge is 0.463 e. The Morgan fingerprint density at radius 2 is 1.86 bits per heavy atom. The molecule has 4 heteroatoms. The Bertz CT molecular complexity index is 720. The van der Waals surface area contributed by atoms with Gasteiger partial charge in [-0.2, -0.15) is 0 Å². The molecule has 0 saturated heterocycles. The molecule has 4 nitrogen and oxygen atoms in total. The van der Waals surface area contributed by atoms with Gasteiger partial charge in [0, 0.05) is 26.2 Å². The minimum atomic E-state index is -0.170. The zero-order valence-electron chi connectivity index (χ0n) is 17.7. The van der Waals surface area contributed by atoms with Crippen LogP contribution in [-0.4, -0.2) is 24.1 Å². The van der Waals surface area contributed by atoms with Crippen LogP contribution < -0.4 is 0 Å². The summed E-state index contributed by atoms with van der Waals surface area (Å²) in [6.45, 7) is 7.54. The van der Waals surface area contributed by atoms with E-state index in [2.05, 4.69) is 26.0 Å². The Morgan fingerprint density at radius 1 is 1.07 bits per heavy atom. The van der Waals surface area contributed by atoms with Gasteiger partial charge < -0.3 is 9.47 Å². The van der Waals surface area contributed by atoms with Crippen molar-refractivity contribution in [2.24, 2.45) is 29.1 Å². The first kappa shape index (κ1) is 19.7. The van der Waals surface area contributed by atoms with Crippen LogP contribution in [0.2, 0.25) is 0 Å². The minimum absolute atomic E-state index is 0.00255. The monoisotopic (exact) mass is 386 g/mol. The van der Waals surface area contributed by atoms with Crippen LogP contribution in [0.1, 0.15) is 72.6 Å². The molecule has 0 heterocycles. The standard InChI is InChI=1S/C24H34O4/c1-14(27-15(2)25)19-7-8-21-20(19)9-10-23-22(21)6-5-17-13-18(28-16(3)26)11-12-24(17,23)4/h5,8,14,18-20,22-23H,6-7,9-13H2,1-4H3/t14?,18-,19+,20+,22?,23?,24-/m0/s1. The Morgan fingerprint density at radius 3 is 2.57 bits per heavy atom. The number of esters is 2. The fraction of sp³-hybridized carbons (Fsp3) is 0.750. The van der Waals surface area contributed by atoms with E-state index in [0.717, 1.165) is 32.1 Å². The lowest BCUT2D eigenvalue weighted by molar-refractivity contribution is -0.150. The molecule has 0 spiro atoms. The van der Waals surface area contributed by atoms with Crippen molar-refractivity contribution in [1.82, 2.24) is 0 Å². The van der Waals surface area contributed by atoms with Crippen LogP contribution >= 0.6 is 0 Å². The van der Waals surface area contributed by atoms with E-state index in [0.29, 0.717) is 23.7 Å². The summed E-state index contributed by atoms with van der Waals surface area (Å²) in [6.07, 6.45) is 12.6. The van der Waals surface area contributed by atoms with E-state index >= 15 is 0 Å². The first-order chi connectivity index (χ1) is 13.3. The molecule has 0 aromatic carbocycles. The molecule has 7 atom stereocenters. The van der Waals surface area contributed by atoms with Crippen molar-refractivity contribution in [1.29, 1.82) is 0 Å². The van der Waals surface area contributed by atoms with Gasteiger partial charge in [0.05, 0.1) is 0 Å². The zero-order valence-corrected chi connectivity index (χ0v) is 17.7. The number of carbonyl (C=O) groups excluding carboxylic acids is 2. The summed E-state index contributed by atoms with van der Waals surface area (Å²) < 4.78 is 11.1. The van der Waals surface area contributed by atoms with Crippen LogP contribution in [0.25, 0.3) is 0 Å². The molecule has 0 amide bonds. The Labute approximate surface area is 168 Å². The van der Waals surface area contributed by atoms with Crippen LogP contribution in [0.15, 0.2) is 23.3 Å². The molecule has 0 radical (unpaired) electrons. The summed E-state index contributed by atoms with van der Waals surface area (Å²) >= 11 is 0. The van der Waals surface area contributed by atoms with Gasteiger partial charge in [0.15, 0.2) is 0 Å². The van der Waals surface area contributed by atoms with Gasteiger partial charge in [-0.15, -0.1) is 0 Å². The fourth-order valence-electron chi connectivity index (χ4n) is 6.91. The van der Waals surface area contributed by atoms with Crippen LogP contribution in [0.4, 0.5) is 0 Å². The molecule has 4 rings (SSSR count). The van der Waals surface area contributed by atoms with Crippen molar-refractivity contribution in [2.45, 2.75) is 84.8 Å². The molecular formula is C24H34O4. The maximum atomic E-state index is 11.4. The Kier molecular flexibility index (Phi) is 5.18. The average Bonchev–Trinajstić information content (AvgIpc) is 3.05. The van der Waals surface area contributed by atoms with Crippen LogP contribution in [0, 0.1) is 29.1 Å². The van der Waals surface area contributed by atoms with E-state index in [1.54, 1.807) is 5.57 Å². The molecule has 154 valence electrons. The average molecular weight is 387 g/mol. The maximum Gasteiger partial charge on any atom is 0.302 e. The van der Waals surface area contributed by atoms with Crippen molar-refractivity contribution >= 4 is 11.9 Å². The Hall–Kier alpha value is -1.58. The van der Waals surface area contributed by atoms with Crippen molar-refractivity contribution in [3.8, 4) is 0 Å². The predicted octanol–water partition coefficient (Wildman–Crippen LogP) is 4.98. The molecule has 2 saturated carbocycles. The topological polar surface area (TPSA) is 52.6 Å². The second-order valence-corrected chi connectivity index (χ2v) is 9.67. The van der Waals surface area contributed by atoms with E-state index in [1.807, 2.05) is 0 Å². The highest BCUT2D eigenvalue weighted by Crippen LogP contribution is 2.61. The molecule has 0 N–H and O–H groups in total. The fourth-order valence-corrected chi connectivity index (χ4v) is 6.91. The molecule has 4 aliphatic carbocycles. The molecule has 2 fully saturated rings. The van der Waals surface area contributed by atoms with Gasteiger partial charge in [0.25, 0.3) is 0 Å². The number of fused-ring (bicyclic) bond motifs is 5. The summed E-state index contributed by atoms with van der Waals surface area (Å²) in [5.74, 6) is 2.01. The van der Waals surface area contributed by atoms with Crippen molar-refractivity contribution in [3.05, 3.63) is 23.3 Å². The lowest BCUT2D eigenvalue weighted by atomic mass is 9.51. The molecule has 0 aromatic rings. The highest BCUT2D eigenvalue weighted by atomic mass is 16.5. The van der Waals surface area contributed by atoms with Gasteiger partial charge in [0.1, 0.15) is 12.2 Å². The molecule has 28 heavy (non-hydrogen) atoms. The van der Waals surface area contributed by atoms with E-state index < -0.39 is 0 Å². The first-order valence-electron chi connectivity index (χ1n) is 11.0. The third-order valence-electron chi connectivity index (χ3n) is 8.16. The summed E-state index contributed by atoms with van der Waals surface area (Å²) in [6, 6.07) is 0. The molecule has 4 aliphatic rings. The Balaban J connectivity index is 1.51. The van der Waals surface area contributed by atoms with E-state index in [4.69, 9.17) is 9.47 Å². The number of hydrogen-bond acceptors (Lipinski definition) is 4. The molecule has 0 bridgehead atoms. The molecule has 0 aliphatic heterocycles. The number of carbonyl (C=O) groups is 2. The third kappa shape index (κ3) is 3.33. The predicted molar refractivity (Wildman–Crippen MR) is 107 cm³/mol. The normalized spacial score (nSPS) is 40.2. The number of ether oxygens (including phenoxy) is 2. The van der Waals surface area contributed by atoms with Gasteiger partial charge in [-0.1, -0.05) is 30.2 Å². The third-order valence-corrected chi connectivity index (χ3v) is 8.16.